The van der Waals surface area contributed by atoms with Gasteiger partial charge in [0.05, 0.1) is 10.5 Å². The van der Waals surface area contributed by atoms with Crippen LogP contribution in [0.4, 0.5) is 11.4 Å². The van der Waals surface area contributed by atoms with E-state index in [1.165, 1.54) is 18.2 Å². The van der Waals surface area contributed by atoms with Gasteiger partial charge in [-0.1, -0.05) is 32.0 Å². The fourth-order valence-corrected chi connectivity index (χ4v) is 3.01. The highest BCUT2D eigenvalue weighted by molar-refractivity contribution is 9.10. The van der Waals surface area contributed by atoms with Gasteiger partial charge in [0.1, 0.15) is 0 Å². The Morgan fingerprint density at radius 1 is 1.31 bits per heavy atom. The van der Waals surface area contributed by atoms with Crippen LogP contribution >= 0.6 is 28.1 Å². The molecule has 1 atom stereocenters. The molecular formula is C18H18BrN3O3S. The molecular weight excluding hydrogens is 418 g/mol. The van der Waals surface area contributed by atoms with E-state index in [0.29, 0.717) is 10.4 Å². The molecule has 2 aromatic carbocycles. The molecule has 136 valence electrons. The minimum absolute atomic E-state index is 0.129. The summed E-state index contributed by atoms with van der Waals surface area (Å²) in [6, 6.07) is 11.7. The fourth-order valence-electron chi connectivity index (χ4n) is 2.39. The topological polar surface area (TPSA) is 84.3 Å². The van der Waals surface area contributed by atoms with Gasteiger partial charge in [-0.25, -0.2) is 0 Å². The molecule has 0 aliphatic carbocycles. The van der Waals surface area contributed by atoms with E-state index >= 15 is 0 Å². The zero-order valence-corrected chi connectivity index (χ0v) is 16.7. The molecule has 1 unspecified atom stereocenters. The van der Waals surface area contributed by atoms with Crippen LogP contribution in [0, 0.1) is 10.1 Å². The number of para-hydroxylation sites is 1. The zero-order valence-electron chi connectivity index (χ0n) is 14.3. The summed E-state index contributed by atoms with van der Waals surface area (Å²) in [4.78, 5) is 22.8. The summed E-state index contributed by atoms with van der Waals surface area (Å²) in [6.07, 6.45) is 0.971. The summed E-state index contributed by atoms with van der Waals surface area (Å²) in [5.41, 5.74) is 1.89. The quantitative estimate of drug-likeness (QED) is 0.392. The average molecular weight is 436 g/mol. The first-order chi connectivity index (χ1) is 12.3. The third-order valence-electron chi connectivity index (χ3n) is 3.98. The minimum Gasteiger partial charge on any atom is -0.332 e. The molecule has 0 spiro atoms. The van der Waals surface area contributed by atoms with Gasteiger partial charge in [-0.15, -0.1) is 0 Å². The Hall–Kier alpha value is -2.32. The maximum absolute atomic E-state index is 12.4. The Morgan fingerprint density at radius 3 is 2.65 bits per heavy atom. The predicted octanol–water partition coefficient (Wildman–Crippen LogP) is 5.00. The second-order valence-electron chi connectivity index (χ2n) is 5.73. The van der Waals surface area contributed by atoms with E-state index in [1.54, 1.807) is 0 Å². The molecule has 8 heteroatoms. The van der Waals surface area contributed by atoms with Gasteiger partial charge in [0, 0.05) is 22.3 Å². The van der Waals surface area contributed by atoms with Crippen molar-refractivity contribution in [3.63, 3.8) is 0 Å². The van der Waals surface area contributed by atoms with Crippen molar-refractivity contribution in [1.82, 2.24) is 5.32 Å². The van der Waals surface area contributed by atoms with Gasteiger partial charge in [-0.05, 0) is 58.2 Å². The Kier molecular flexibility index (Phi) is 6.82. The molecule has 1 amide bonds. The first-order valence-corrected chi connectivity index (χ1v) is 9.18. The maximum atomic E-state index is 12.4. The van der Waals surface area contributed by atoms with E-state index in [1.807, 2.05) is 24.3 Å². The number of nitrogens with one attached hydrogen (secondary N) is 2. The molecule has 0 aliphatic rings. The lowest BCUT2D eigenvalue weighted by Crippen LogP contribution is -2.34. The Morgan fingerprint density at radius 2 is 2.00 bits per heavy atom. The van der Waals surface area contributed by atoms with Gasteiger partial charge in [-0.2, -0.15) is 0 Å². The molecule has 0 aromatic heterocycles. The number of hydrogen-bond acceptors (Lipinski definition) is 4. The summed E-state index contributed by atoms with van der Waals surface area (Å²) in [5.74, 6) is -0.192. The van der Waals surface area contributed by atoms with Crippen LogP contribution < -0.4 is 10.6 Å². The number of nitro benzene ring substituents is 1. The predicted molar refractivity (Wildman–Crippen MR) is 110 cm³/mol. The van der Waals surface area contributed by atoms with Crippen molar-refractivity contribution in [2.24, 2.45) is 0 Å². The highest BCUT2D eigenvalue weighted by atomic mass is 79.9. The van der Waals surface area contributed by atoms with E-state index in [0.717, 1.165) is 17.7 Å². The largest absolute Gasteiger partial charge is 0.332 e. The Balaban J connectivity index is 2.15. The van der Waals surface area contributed by atoms with E-state index in [4.69, 9.17) is 12.2 Å². The lowest BCUT2D eigenvalue weighted by atomic mass is 9.97. The molecule has 2 aromatic rings. The Bertz CT molecular complexity index is 857. The molecule has 26 heavy (non-hydrogen) atoms. The Labute approximate surface area is 165 Å². The number of carbonyl (C=O) groups excluding carboxylic acids is 1. The summed E-state index contributed by atoms with van der Waals surface area (Å²) >= 11 is 8.46. The number of halogens is 1. The van der Waals surface area contributed by atoms with E-state index in [-0.39, 0.29) is 16.4 Å². The average Bonchev–Trinajstić information content (AvgIpc) is 2.61. The monoisotopic (exact) mass is 435 g/mol. The SMILES string of the molecule is CCC(C)c1ccccc1NC(=S)NC(=O)c1cc([N+](=O)[O-])ccc1Br. The van der Waals surface area contributed by atoms with E-state index in [2.05, 4.69) is 40.4 Å². The molecule has 0 heterocycles. The van der Waals surface area contributed by atoms with Gasteiger partial charge < -0.3 is 5.32 Å². The summed E-state index contributed by atoms with van der Waals surface area (Å²) < 4.78 is 0.448. The van der Waals surface area contributed by atoms with Crippen molar-refractivity contribution in [1.29, 1.82) is 0 Å². The minimum atomic E-state index is -0.553. The van der Waals surface area contributed by atoms with Crippen molar-refractivity contribution in [2.45, 2.75) is 26.2 Å². The second kappa shape index (κ2) is 8.86. The molecule has 0 radical (unpaired) electrons. The fraction of sp³-hybridized carbons (Fsp3) is 0.222. The first-order valence-electron chi connectivity index (χ1n) is 7.98. The number of anilines is 1. The highest BCUT2D eigenvalue weighted by Crippen LogP contribution is 2.26. The van der Waals surface area contributed by atoms with Crippen LogP contribution in [0.5, 0.6) is 0 Å². The van der Waals surface area contributed by atoms with Gasteiger partial charge in [-0.3, -0.25) is 20.2 Å². The normalized spacial score (nSPS) is 11.5. The standard InChI is InChI=1S/C18H18BrN3O3S/c1-3-11(2)13-6-4-5-7-16(13)20-18(26)21-17(23)14-10-12(22(24)25)8-9-15(14)19/h4-11H,3H2,1-2H3,(H2,20,21,23,26). The maximum Gasteiger partial charge on any atom is 0.270 e. The van der Waals surface area contributed by atoms with Crippen molar-refractivity contribution in [3.05, 3.63) is 68.2 Å². The van der Waals surface area contributed by atoms with Gasteiger partial charge in [0.25, 0.3) is 11.6 Å². The smallest absolute Gasteiger partial charge is 0.270 e. The number of nitro groups is 1. The lowest BCUT2D eigenvalue weighted by Gasteiger charge is -2.17. The number of non-ortho nitro benzene ring substituents is 1. The number of amides is 1. The van der Waals surface area contributed by atoms with Crippen LogP contribution in [0.1, 0.15) is 42.1 Å². The highest BCUT2D eigenvalue weighted by Gasteiger charge is 2.17. The number of nitrogens with zero attached hydrogens (tertiary/aromatic N) is 1. The van der Waals surface area contributed by atoms with E-state index in [9.17, 15) is 14.9 Å². The lowest BCUT2D eigenvalue weighted by molar-refractivity contribution is -0.384. The van der Waals surface area contributed by atoms with Crippen LogP contribution in [-0.4, -0.2) is 15.9 Å². The first kappa shape index (κ1) is 20.0. The number of thiocarbonyl (C=S) groups is 1. The zero-order chi connectivity index (χ0) is 19.3. The van der Waals surface area contributed by atoms with Crippen molar-refractivity contribution >= 4 is 50.5 Å². The van der Waals surface area contributed by atoms with Gasteiger partial charge >= 0.3 is 0 Å². The molecule has 0 aliphatic heterocycles. The van der Waals surface area contributed by atoms with Crippen LogP contribution in [-0.2, 0) is 0 Å². The van der Waals surface area contributed by atoms with Crippen LogP contribution in [0.25, 0.3) is 0 Å². The molecule has 2 rings (SSSR count). The van der Waals surface area contributed by atoms with Gasteiger partial charge in [0.2, 0.25) is 0 Å². The third kappa shape index (κ3) is 4.86. The second-order valence-corrected chi connectivity index (χ2v) is 6.99. The number of benzene rings is 2. The number of carbonyl (C=O) groups is 1. The molecule has 0 saturated carbocycles. The number of rotatable bonds is 5. The number of hydrogen-bond donors (Lipinski definition) is 2. The van der Waals surface area contributed by atoms with Gasteiger partial charge in [0.15, 0.2) is 5.11 Å². The van der Waals surface area contributed by atoms with Crippen molar-refractivity contribution < 1.29 is 9.72 Å². The van der Waals surface area contributed by atoms with Crippen molar-refractivity contribution in [2.75, 3.05) is 5.32 Å². The van der Waals surface area contributed by atoms with E-state index < -0.39 is 10.8 Å². The molecule has 2 N–H and O–H groups in total. The van der Waals surface area contributed by atoms with Crippen molar-refractivity contribution in [3.8, 4) is 0 Å². The molecule has 0 bridgehead atoms. The molecule has 0 fully saturated rings. The molecule has 6 nitrogen and oxygen atoms in total. The van der Waals surface area contributed by atoms with Crippen LogP contribution in [0.15, 0.2) is 46.9 Å². The van der Waals surface area contributed by atoms with Crippen LogP contribution in [0.3, 0.4) is 0 Å². The third-order valence-corrected chi connectivity index (χ3v) is 4.88. The summed E-state index contributed by atoms with van der Waals surface area (Å²) in [7, 11) is 0. The summed E-state index contributed by atoms with van der Waals surface area (Å²) in [6.45, 7) is 4.21. The van der Waals surface area contributed by atoms with Crippen LogP contribution in [0.2, 0.25) is 0 Å². The molecule has 0 saturated heterocycles. The summed E-state index contributed by atoms with van der Waals surface area (Å²) in [5, 5.41) is 16.6.